The van der Waals surface area contributed by atoms with E-state index in [1.54, 1.807) is 25.3 Å². The Kier molecular flexibility index (Phi) is 5.02. The van der Waals surface area contributed by atoms with Crippen molar-refractivity contribution in [3.8, 4) is 0 Å². The highest BCUT2D eigenvalue weighted by molar-refractivity contribution is 6.04. The lowest BCUT2D eigenvalue weighted by atomic mass is 10.1. The highest BCUT2D eigenvalue weighted by atomic mass is 19.1. The van der Waals surface area contributed by atoms with Gasteiger partial charge in [-0.1, -0.05) is 30.3 Å². The topological polar surface area (TPSA) is 60.3 Å². The average molecular weight is 354 g/mol. The van der Waals surface area contributed by atoms with Crippen LogP contribution in [-0.4, -0.2) is 23.1 Å². The minimum Gasteiger partial charge on any atom is -0.452 e. The summed E-state index contributed by atoms with van der Waals surface area (Å²) in [6.45, 7) is 1.45. The quantitative estimate of drug-likeness (QED) is 0.716. The van der Waals surface area contributed by atoms with Crippen molar-refractivity contribution in [2.75, 3.05) is 6.61 Å². The number of carbonyl (C=O) groups excluding carboxylic acids is 2. The molecule has 0 unspecified atom stereocenters. The zero-order valence-electron chi connectivity index (χ0n) is 14.6. The van der Waals surface area contributed by atoms with E-state index >= 15 is 0 Å². The molecule has 3 aromatic rings. The van der Waals surface area contributed by atoms with E-state index in [0.29, 0.717) is 16.7 Å². The molecule has 1 N–H and O–H groups in total. The number of amides is 1. The number of para-hydroxylation sites is 1. The number of nitrogens with one attached hydrogen (secondary N) is 1. The normalized spacial score (nSPS) is 10.7. The Morgan fingerprint density at radius 2 is 1.96 bits per heavy atom. The number of nitrogens with zero attached hydrogens (tertiary/aromatic N) is 1. The average Bonchev–Trinajstić information content (AvgIpc) is 2.98. The van der Waals surface area contributed by atoms with Crippen molar-refractivity contribution in [3.63, 3.8) is 0 Å². The summed E-state index contributed by atoms with van der Waals surface area (Å²) in [5.41, 5.74) is 2.51. The summed E-state index contributed by atoms with van der Waals surface area (Å²) in [6.07, 6.45) is 1.68. The van der Waals surface area contributed by atoms with Gasteiger partial charge in [-0.3, -0.25) is 4.79 Å². The molecule has 0 atom stereocenters. The van der Waals surface area contributed by atoms with Crippen LogP contribution in [0, 0.1) is 12.7 Å². The van der Waals surface area contributed by atoms with Crippen LogP contribution in [0.4, 0.5) is 4.39 Å². The van der Waals surface area contributed by atoms with Gasteiger partial charge in [-0.25, -0.2) is 9.18 Å². The summed E-state index contributed by atoms with van der Waals surface area (Å²) in [7, 11) is 1.84. The van der Waals surface area contributed by atoms with Gasteiger partial charge in [0.25, 0.3) is 5.91 Å². The number of aryl methyl sites for hydroxylation is 2. The number of hydrogen-bond donors (Lipinski definition) is 1. The van der Waals surface area contributed by atoms with Crippen LogP contribution < -0.4 is 5.32 Å². The van der Waals surface area contributed by atoms with Gasteiger partial charge in [0.1, 0.15) is 5.82 Å². The predicted molar refractivity (Wildman–Crippen MR) is 96.2 cm³/mol. The summed E-state index contributed by atoms with van der Waals surface area (Å²) < 4.78 is 20.4. The van der Waals surface area contributed by atoms with Crippen LogP contribution in [0.1, 0.15) is 21.5 Å². The molecule has 134 valence electrons. The van der Waals surface area contributed by atoms with Crippen molar-refractivity contribution in [1.82, 2.24) is 9.88 Å². The number of carbonyl (C=O) groups is 2. The SMILES string of the molecule is Cc1ccc(CNC(=O)COC(=O)c2cn(C)c3ccccc23)cc1F. The van der Waals surface area contributed by atoms with E-state index < -0.39 is 18.5 Å². The molecule has 1 heterocycles. The van der Waals surface area contributed by atoms with Crippen molar-refractivity contribution >= 4 is 22.8 Å². The van der Waals surface area contributed by atoms with Crippen molar-refractivity contribution in [1.29, 1.82) is 0 Å². The summed E-state index contributed by atoms with van der Waals surface area (Å²) in [6, 6.07) is 12.2. The molecular weight excluding hydrogens is 335 g/mol. The molecule has 0 bridgehead atoms. The lowest BCUT2D eigenvalue weighted by Crippen LogP contribution is -2.28. The molecule has 26 heavy (non-hydrogen) atoms. The molecule has 0 aliphatic heterocycles. The monoisotopic (exact) mass is 354 g/mol. The number of aromatic nitrogens is 1. The molecule has 0 aliphatic rings. The third-order valence-electron chi connectivity index (χ3n) is 4.18. The maximum Gasteiger partial charge on any atom is 0.340 e. The first-order valence-electron chi connectivity index (χ1n) is 8.18. The van der Waals surface area contributed by atoms with Gasteiger partial charge in [0.15, 0.2) is 6.61 Å². The number of hydrogen-bond acceptors (Lipinski definition) is 3. The Morgan fingerprint density at radius 1 is 1.19 bits per heavy atom. The van der Waals surface area contributed by atoms with E-state index in [9.17, 15) is 14.0 Å². The smallest absolute Gasteiger partial charge is 0.340 e. The molecule has 0 radical (unpaired) electrons. The van der Waals surface area contributed by atoms with Crippen molar-refractivity contribution in [3.05, 3.63) is 71.2 Å². The van der Waals surface area contributed by atoms with Crippen molar-refractivity contribution < 1.29 is 18.7 Å². The maximum absolute atomic E-state index is 13.5. The molecule has 6 heteroatoms. The maximum atomic E-state index is 13.5. The second-order valence-electron chi connectivity index (χ2n) is 6.11. The number of esters is 1. The lowest BCUT2D eigenvalue weighted by molar-refractivity contribution is -0.124. The minimum absolute atomic E-state index is 0.169. The van der Waals surface area contributed by atoms with Gasteiger partial charge < -0.3 is 14.6 Å². The third-order valence-corrected chi connectivity index (χ3v) is 4.18. The number of fused-ring (bicyclic) bond motifs is 1. The molecule has 2 aromatic carbocycles. The first-order chi connectivity index (χ1) is 12.5. The number of benzene rings is 2. The lowest BCUT2D eigenvalue weighted by Gasteiger charge is -2.07. The highest BCUT2D eigenvalue weighted by Gasteiger charge is 2.16. The molecule has 0 saturated carbocycles. The van der Waals surface area contributed by atoms with Gasteiger partial charge in [-0.15, -0.1) is 0 Å². The molecule has 5 nitrogen and oxygen atoms in total. The molecule has 0 aliphatic carbocycles. The Balaban J connectivity index is 1.57. The second-order valence-corrected chi connectivity index (χ2v) is 6.11. The van der Waals surface area contributed by atoms with Gasteiger partial charge >= 0.3 is 5.97 Å². The Morgan fingerprint density at radius 3 is 2.73 bits per heavy atom. The van der Waals surface area contributed by atoms with Crippen LogP contribution in [0.25, 0.3) is 10.9 Å². The van der Waals surface area contributed by atoms with Crippen LogP contribution in [0.5, 0.6) is 0 Å². The molecule has 1 amide bonds. The fraction of sp³-hybridized carbons (Fsp3) is 0.200. The van der Waals surface area contributed by atoms with Gasteiger partial charge in [-0.2, -0.15) is 0 Å². The van der Waals surface area contributed by atoms with Crippen LogP contribution in [0.3, 0.4) is 0 Å². The summed E-state index contributed by atoms with van der Waals surface area (Å²) in [4.78, 5) is 24.2. The van der Waals surface area contributed by atoms with Crippen LogP contribution >= 0.6 is 0 Å². The predicted octanol–water partition coefficient (Wildman–Crippen LogP) is 3.10. The van der Waals surface area contributed by atoms with Crippen molar-refractivity contribution in [2.45, 2.75) is 13.5 Å². The molecule has 3 rings (SSSR count). The Hall–Kier alpha value is -3.15. The molecule has 1 aromatic heterocycles. The van der Waals surface area contributed by atoms with Crippen LogP contribution in [0.2, 0.25) is 0 Å². The summed E-state index contributed by atoms with van der Waals surface area (Å²) in [5, 5.41) is 3.38. The molecular formula is C20H19FN2O3. The Bertz CT molecular complexity index is 978. The molecule has 0 saturated heterocycles. The first-order valence-corrected chi connectivity index (χ1v) is 8.18. The van der Waals surface area contributed by atoms with E-state index in [2.05, 4.69) is 5.32 Å². The van der Waals surface area contributed by atoms with E-state index in [1.165, 1.54) is 6.07 Å². The van der Waals surface area contributed by atoms with Gasteiger partial charge in [0.2, 0.25) is 0 Å². The molecule has 0 spiro atoms. The zero-order chi connectivity index (χ0) is 18.7. The van der Waals surface area contributed by atoms with Crippen molar-refractivity contribution in [2.24, 2.45) is 7.05 Å². The fourth-order valence-electron chi connectivity index (χ4n) is 2.71. The summed E-state index contributed by atoms with van der Waals surface area (Å²) >= 11 is 0. The van der Waals surface area contributed by atoms with Gasteiger partial charge in [0.05, 0.1) is 5.56 Å². The second kappa shape index (κ2) is 7.39. The highest BCUT2D eigenvalue weighted by Crippen LogP contribution is 2.20. The van der Waals surface area contributed by atoms with Gasteiger partial charge in [-0.05, 0) is 30.2 Å². The largest absolute Gasteiger partial charge is 0.452 e. The Labute approximate surface area is 150 Å². The number of halogens is 1. The van der Waals surface area contributed by atoms with E-state index in [-0.39, 0.29) is 12.4 Å². The zero-order valence-corrected chi connectivity index (χ0v) is 14.6. The number of ether oxygens (including phenoxy) is 1. The van der Waals surface area contributed by atoms with Gasteiger partial charge in [0, 0.05) is 30.7 Å². The van der Waals surface area contributed by atoms with E-state index in [0.717, 1.165) is 10.9 Å². The number of rotatable bonds is 5. The van der Waals surface area contributed by atoms with Crippen LogP contribution in [-0.2, 0) is 23.1 Å². The van der Waals surface area contributed by atoms with E-state index in [1.807, 2.05) is 35.9 Å². The van der Waals surface area contributed by atoms with Crippen LogP contribution in [0.15, 0.2) is 48.7 Å². The first kappa shape index (κ1) is 17.7. The fourth-order valence-corrected chi connectivity index (χ4v) is 2.71. The summed E-state index contributed by atoms with van der Waals surface area (Å²) in [5.74, 6) is -1.32. The molecule has 0 fully saturated rings. The van der Waals surface area contributed by atoms with E-state index in [4.69, 9.17) is 4.74 Å². The standard InChI is InChI=1S/C20H19FN2O3/c1-13-7-8-14(9-17(13)21)10-22-19(24)12-26-20(25)16-11-23(2)18-6-4-3-5-15(16)18/h3-9,11H,10,12H2,1-2H3,(H,22,24). The third kappa shape index (κ3) is 3.74. The minimum atomic E-state index is -0.557.